The van der Waals surface area contributed by atoms with Crippen molar-refractivity contribution in [3.8, 4) is 5.69 Å². The molecule has 1 unspecified atom stereocenters. The summed E-state index contributed by atoms with van der Waals surface area (Å²) in [5.74, 6) is 0. The lowest BCUT2D eigenvalue weighted by atomic mass is 10.1. The molecule has 3 aromatic rings. The molecule has 1 N–H and O–H groups in total. The van der Waals surface area contributed by atoms with Gasteiger partial charge in [-0.3, -0.25) is 9.69 Å². The van der Waals surface area contributed by atoms with Gasteiger partial charge in [0.1, 0.15) is 11.8 Å². The van der Waals surface area contributed by atoms with Crippen LogP contribution in [0.3, 0.4) is 0 Å². The van der Waals surface area contributed by atoms with Gasteiger partial charge in [0.25, 0.3) is 0 Å². The van der Waals surface area contributed by atoms with Crippen molar-refractivity contribution in [1.29, 1.82) is 0 Å². The van der Waals surface area contributed by atoms with Gasteiger partial charge in [-0.15, -0.1) is 0 Å². The number of aliphatic hydroxyl groups is 1. The molecule has 0 spiro atoms. The Morgan fingerprint density at radius 3 is 2.66 bits per heavy atom. The molecular weight excluding hydrogens is 394 g/mol. The van der Waals surface area contributed by atoms with Gasteiger partial charge in [-0.1, -0.05) is 23.7 Å². The minimum absolute atomic E-state index is 0.0293. The number of halogens is 1. The van der Waals surface area contributed by atoms with Crippen molar-refractivity contribution in [3.05, 3.63) is 87.3 Å². The summed E-state index contributed by atoms with van der Waals surface area (Å²) in [6.45, 7) is 1.97. The van der Waals surface area contributed by atoms with Crippen LogP contribution in [-0.4, -0.2) is 34.6 Å². The number of hydrogen-bond donors (Lipinski definition) is 1. The molecule has 0 fully saturated rings. The third-order valence-corrected chi connectivity index (χ3v) is 4.55. The largest absolute Gasteiger partial charge is 0.449 e. The van der Waals surface area contributed by atoms with Gasteiger partial charge in [-0.25, -0.2) is 9.48 Å². The van der Waals surface area contributed by atoms with Crippen molar-refractivity contribution in [2.24, 2.45) is 0 Å². The van der Waals surface area contributed by atoms with Crippen LogP contribution in [0.2, 0.25) is 5.02 Å². The van der Waals surface area contributed by atoms with Gasteiger partial charge in [-0.2, -0.15) is 5.10 Å². The van der Waals surface area contributed by atoms with Gasteiger partial charge < -0.3 is 9.84 Å². The van der Waals surface area contributed by atoms with E-state index in [1.807, 2.05) is 0 Å². The quantitative estimate of drug-likeness (QED) is 0.691. The number of aromatic nitrogens is 2. The van der Waals surface area contributed by atoms with Crippen LogP contribution in [-0.2, 0) is 4.74 Å². The lowest BCUT2D eigenvalue weighted by Crippen LogP contribution is -2.27. The zero-order valence-corrected chi connectivity index (χ0v) is 16.7. The standard InChI is InChI=1S/C21H20ClN3O4/c1-3-29-21(28)24(2)17-6-4-5-14(13-17)20(27)19-18(26)11-12-25(23-19)16-9-7-15(22)8-10-16/h4-13,20,27H,3H2,1-2H3. The molecule has 0 saturated carbocycles. The third-order valence-electron chi connectivity index (χ3n) is 4.30. The first-order valence-corrected chi connectivity index (χ1v) is 9.33. The van der Waals surface area contributed by atoms with Gasteiger partial charge in [0.15, 0.2) is 0 Å². The van der Waals surface area contributed by atoms with E-state index < -0.39 is 17.6 Å². The highest BCUT2D eigenvalue weighted by Crippen LogP contribution is 2.23. The van der Waals surface area contributed by atoms with E-state index in [1.54, 1.807) is 62.5 Å². The van der Waals surface area contributed by atoms with E-state index in [1.165, 1.54) is 21.8 Å². The van der Waals surface area contributed by atoms with Crippen molar-refractivity contribution in [3.63, 3.8) is 0 Å². The Hall–Kier alpha value is -3.16. The third kappa shape index (κ3) is 4.64. The number of anilines is 1. The number of rotatable bonds is 5. The average Bonchev–Trinajstić information content (AvgIpc) is 2.74. The summed E-state index contributed by atoms with van der Waals surface area (Å²) < 4.78 is 6.48. The second kappa shape index (κ2) is 8.89. The van der Waals surface area contributed by atoms with E-state index in [4.69, 9.17) is 16.3 Å². The molecular formula is C21H20ClN3O4. The molecule has 0 saturated heterocycles. The molecule has 150 valence electrons. The molecule has 8 heteroatoms. The fourth-order valence-corrected chi connectivity index (χ4v) is 2.86. The highest BCUT2D eigenvalue weighted by atomic mass is 35.5. The first kappa shape index (κ1) is 20.6. The highest BCUT2D eigenvalue weighted by molar-refractivity contribution is 6.30. The van der Waals surface area contributed by atoms with Crippen LogP contribution in [0.25, 0.3) is 5.69 Å². The summed E-state index contributed by atoms with van der Waals surface area (Å²) >= 11 is 5.91. The number of nitrogens with zero attached hydrogens (tertiary/aromatic N) is 3. The molecule has 2 aromatic carbocycles. The predicted molar refractivity (Wildman–Crippen MR) is 111 cm³/mol. The van der Waals surface area contributed by atoms with E-state index in [9.17, 15) is 14.7 Å². The summed E-state index contributed by atoms with van der Waals surface area (Å²) in [6, 6.07) is 14.9. The maximum atomic E-state index is 12.3. The lowest BCUT2D eigenvalue weighted by molar-refractivity contribution is 0.161. The molecule has 0 aliphatic carbocycles. The minimum Gasteiger partial charge on any atom is -0.449 e. The molecule has 29 heavy (non-hydrogen) atoms. The molecule has 1 atom stereocenters. The van der Waals surface area contributed by atoms with Crippen LogP contribution in [0, 0.1) is 0 Å². The molecule has 0 radical (unpaired) electrons. The zero-order chi connectivity index (χ0) is 21.0. The van der Waals surface area contributed by atoms with E-state index in [0.717, 1.165) is 0 Å². The Morgan fingerprint density at radius 2 is 1.97 bits per heavy atom. The predicted octanol–water partition coefficient (Wildman–Crippen LogP) is 3.56. The summed E-state index contributed by atoms with van der Waals surface area (Å²) in [5, 5.41) is 15.7. The molecule has 0 aliphatic rings. The Morgan fingerprint density at radius 1 is 1.24 bits per heavy atom. The zero-order valence-electron chi connectivity index (χ0n) is 15.9. The van der Waals surface area contributed by atoms with Crippen molar-refractivity contribution in [1.82, 2.24) is 9.78 Å². The Bertz CT molecular complexity index is 1070. The van der Waals surface area contributed by atoms with Crippen LogP contribution in [0.4, 0.5) is 10.5 Å². The molecule has 1 aromatic heterocycles. The number of benzene rings is 2. The van der Waals surface area contributed by atoms with E-state index >= 15 is 0 Å². The highest BCUT2D eigenvalue weighted by Gasteiger charge is 2.19. The Labute approximate surface area is 172 Å². The summed E-state index contributed by atoms with van der Waals surface area (Å²) in [6.07, 6.45) is -0.257. The molecule has 0 aliphatic heterocycles. The van der Waals surface area contributed by atoms with Crippen molar-refractivity contribution >= 4 is 23.4 Å². The normalized spacial score (nSPS) is 11.7. The van der Waals surface area contributed by atoms with E-state index in [0.29, 0.717) is 22.0 Å². The maximum absolute atomic E-state index is 12.3. The monoisotopic (exact) mass is 413 g/mol. The summed E-state index contributed by atoms with van der Waals surface area (Å²) in [4.78, 5) is 25.6. The van der Waals surface area contributed by atoms with Gasteiger partial charge in [0.2, 0.25) is 5.43 Å². The summed E-state index contributed by atoms with van der Waals surface area (Å²) in [5.41, 5.74) is 1.22. The molecule has 7 nitrogen and oxygen atoms in total. The van der Waals surface area contributed by atoms with Gasteiger partial charge >= 0.3 is 6.09 Å². The van der Waals surface area contributed by atoms with Gasteiger partial charge in [-0.05, 0) is 48.9 Å². The van der Waals surface area contributed by atoms with Crippen LogP contribution in [0.5, 0.6) is 0 Å². The summed E-state index contributed by atoms with van der Waals surface area (Å²) in [7, 11) is 1.57. The van der Waals surface area contributed by atoms with Gasteiger partial charge in [0.05, 0.1) is 12.3 Å². The number of hydrogen-bond acceptors (Lipinski definition) is 5. The lowest BCUT2D eigenvalue weighted by Gasteiger charge is -2.18. The number of carbonyl (C=O) groups is 1. The van der Waals surface area contributed by atoms with Crippen LogP contribution < -0.4 is 10.3 Å². The van der Waals surface area contributed by atoms with Crippen molar-refractivity contribution in [2.45, 2.75) is 13.0 Å². The number of ether oxygens (including phenoxy) is 1. The van der Waals surface area contributed by atoms with Crippen molar-refractivity contribution in [2.75, 3.05) is 18.6 Å². The Kier molecular flexibility index (Phi) is 6.31. The number of carbonyl (C=O) groups excluding carboxylic acids is 1. The van der Waals surface area contributed by atoms with Crippen LogP contribution >= 0.6 is 11.6 Å². The topological polar surface area (TPSA) is 84.7 Å². The second-order valence-corrected chi connectivity index (χ2v) is 6.68. The fourth-order valence-electron chi connectivity index (χ4n) is 2.74. The van der Waals surface area contributed by atoms with Crippen LogP contribution in [0.15, 0.2) is 65.6 Å². The number of amides is 1. The average molecular weight is 414 g/mol. The second-order valence-electron chi connectivity index (χ2n) is 6.24. The van der Waals surface area contributed by atoms with E-state index in [2.05, 4.69) is 5.10 Å². The molecule has 0 bridgehead atoms. The van der Waals surface area contributed by atoms with Gasteiger partial charge in [0, 0.05) is 30.0 Å². The maximum Gasteiger partial charge on any atom is 0.413 e. The molecule has 3 rings (SSSR count). The van der Waals surface area contributed by atoms with Crippen LogP contribution in [0.1, 0.15) is 24.3 Å². The fraction of sp³-hybridized carbons (Fsp3) is 0.190. The number of aliphatic hydroxyl groups excluding tert-OH is 1. The SMILES string of the molecule is CCOC(=O)N(C)c1cccc(C(O)c2nn(-c3ccc(Cl)cc3)ccc2=O)c1. The Balaban J connectivity index is 1.94. The first-order chi connectivity index (χ1) is 13.9. The first-order valence-electron chi connectivity index (χ1n) is 8.95. The smallest absolute Gasteiger partial charge is 0.413 e. The van der Waals surface area contributed by atoms with Crippen molar-refractivity contribution < 1.29 is 14.6 Å². The van der Waals surface area contributed by atoms with E-state index in [-0.39, 0.29) is 12.3 Å². The molecule has 1 heterocycles. The molecule has 1 amide bonds. The minimum atomic E-state index is -1.27.